The van der Waals surface area contributed by atoms with E-state index in [9.17, 15) is 39.0 Å². The van der Waals surface area contributed by atoms with Crippen molar-refractivity contribution in [2.24, 2.45) is 0 Å². The quantitative estimate of drug-likeness (QED) is 0.0215. The molecule has 0 fully saturated rings. The van der Waals surface area contributed by atoms with Crippen LogP contribution in [0, 0.1) is 20.8 Å². The number of anilines is 4. The van der Waals surface area contributed by atoms with Crippen molar-refractivity contribution < 1.29 is 71.7 Å². The molecule has 0 saturated carbocycles. The fourth-order valence-electron chi connectivity index (χ4n) is 8.34. The van der Waals surface area contributed by atoms with Crippen molar-refractivity contribution in [1.29, 1.82) is 0 Å². The number of nitrogen functional groups attached to an aromatic ring is 3. The average Bonchev–Trinajstić information content (AvgIpc) is 3.40. The van der Waals surface area contributed by atoms with Gasteiger partial charge in [0.15, 0.2) is 34.0 Å². The number of unbranched alkanes of at least 4 members (excludes halogenated alkanes) is 8. The predicted molar refractivity (Wildman–Crippen MR) is 295 cm³/mol. The Labute approximate surface area is 484 Å². The van der Waals surface area contributed by atoms with Gasteiger partial charge in [0.25, 0.3) is 11.8 Å². The maximum absolute atomic E-state index is 13.0. The van der Waals surface area contributed by atoms with Gasteiger partial charge in [-0.1, -0.05) is 44.7 Å². The van der Waals surface area contributed by atoms with Crippen molar-refractivity contribution in [1.82, 2.24) is 61.1 Å². The Morgan fingerprint density at radius 2 is 1.11 bits per heavy atom. The van der Waals surface area contributed by atoms with E-state index in [1.165, 1.54) is 0 Å². The van der Waals surface area contributed by atoms with E-state index < -0.39 is 35.8 Å². The van der Waals surface area contributed by atoms with Crippen LogP contribution >= 0.6 is 0 Å². The molecule has 4 aromatic heterocycles. The first kappa shape index (κ1) is 63.9. The molecule has 25 heteroatoms. The van der Waals surface area contributed by atoms with Gasteiger partial charge < -0.3 is 67.4 Å². The van der Waals surface area contributed by atoms with E-state index in [1.807, 2.05) is 31.0 Å². The van der Waals surface area contributed by atoms with Crippen LogP contribution in [0.3, 0.4) is 0 Å². The van der Waals surface area contributed by atoms with E-state index in [1.54, 1.807) is 55.7 Å². The van der Waals surface area contributed by atoms with E-state index in [2.05, 4.69) is 67.6 Å². The summed E-state index contributed by atoms with van der Waals surface area (Å²) in [6, 6.07) is 11.0. The Balaban J connectivity index is 0.00000672. The van der Waals surface area contributed by atoms with Crippen LogP contribution in [0.5, 0.6) is 0 Å². The summed E-state index contributed by atoms with van der Waals surface area (Å²) in [5.74, 6) is -3.25. The van der Waals surface area contributed by atoms with Gasteiger partial charge in [-0.15, -0.1) is 0 Å². The number of carboxylic acid groups (broad SMARTS) is 2. The maximum atomic E-state index is 13.0. The van der Waals surface area contributed by atoms with Crippen LogP contribution in [-0.2, 0) is 64.9 Å². The first-order valence-corrected chi connectivity index (χ1v) is 25.6. The minimum Gasteiger partial charge on any atom is -0.480 e. The molecule has 12 N–H and O–H groups in total. The van der Waals surface area contributed by atoms with Gasteiger partial charge in [-0.25, -0.2) is 39.5 Å². The minimum atomic E-state index is -1.25. The fourth-order valence-corrected chi connectivity index (χ4v) is 8.34. The molecule has 0 bridgehead atoms. The van der Waals surface area contributed by atoms with Crippen LogP contribution in [0.15, 0.2) is 60.9 Å². The number of carboxylic acids is 2. The van der Waals surface area contributed by atoms with Crippen LogP contribution < -0.4 is 43.4 Å². The minimum absolute atomic E-state index is 0. The second-order valence-electron chi connectivity index (χ2n) is 18.8. The summed E-state index contributed by atoms with van der Waals surface area (Å²) >= 11 is 0. The van der Waals surface area contributed by atoms with Crippen LogP contribution in [0.1, 0.15) is 133 Å². The normalized spacial score (nSPS) is 12.0. The van der Waals surface area contributed by atoms with Crippen molar-refractivity contribution in [3.63, 3.8) is 0 Å². The first-order chi connectivity index (χ1) is 36.9. The average molecular weight is 1160 g/mol. The molecule has 3 atom stereocenters. The summed E-state index contributed by atoms with van der Waals surface area (Å²) in [6.45, 7) is 5.03. The van der Waals surface area contributed by atoms with Crippen LogP contribution in [0.25, 0.3) is 22.3 Å². The summed E-state index contributed by atoms with van der Waals surface area (Å²) in [5, 5.41) is 30.2. The molecule has 0 saturated heterocycles. The molecule has 4 heterocycles. The number of aliphatic carboxylic acids is 2. The van der Waals surface area contributed by atoms with Gasteiger partial charge in [0, 0.05) is 82.5 Å². The van der Waals surface area contributed by atoms with E-state index in [-0.39, 0.29) is 112 Å². The number of benzene rings is 2. The number of rotatable bonds is 30. The number of nitrogens with two attached hydrogens (primary N) is 3. The zero-order chi connectivity index (χ0) is 55.4. The third kappa shape index (κ3) is 20.0. The Hall–Kier alpha value is -7.60. The van der Waals surface area contributed by atoms with E-state index in [0.29, 0.717) is 65.5 Å². The molecule has 1 unspecified atom stereocenters. The molecule has 0 spiro atoms. The van der Waals surface area contributed by atoms with Gasteiger partial charge in [-0.2, -0.15) is 22.8 Å². The molecule has 79 heavy (non-hydrogen) atoms. The van der Waals surface area contributed by atoms with Crippen LogP contribution in [0.2, 0.25) is 0 Å². The molecule has 6 rings (SSSR count). The number of hydrogen-bond acceptors (Lipinski definition) is 18. The Kier molecular flexibility index (Phi) is 25.7. The van der Waals surface area contributed by atoms with Gasteiger partial charge >= 0.3 is 11.9 Å². The number of aryl methyl sites for hydroxylation is 1. The Morgan fingerprint density at radius 1 is 0.633 bits per heavy atom. The molecule has 0 aliphatic carbocycles. The monoisotopic (exact) mass is 1160 g/mol. The van der Waals surface area contributed by atoms with Crippen molar-refractivity contribution >= 4 is 81.2 Å². The topological polar surface area (TPSA) is 375 Å². The van der Waals surface area contributed by atoms with Gasteiger partial charge in [0.1, 0.15) is 17.9 Å². The van der Waals surface area contributed by atoms with E-state index in [0.717, 1.165) is 62.6 Å². The first-order valence-electron chi connectivity index (χ1n) is 25.6. The Bertz CT molecular complexity index is 2820. The second kappa shape index (κ2) is 31.7. The summed E-state index contributed by atoms with van der Waals surface area (Å²) in [5.41, 5.74) is 22.7. The molecule has 419 valence electrons. The van der Waals surface area contributed by atoms with Crippen molar-refractivity contribution in [3.8, 4) is 0 Å². The molecule has 24 nitrogen and oxygen atoms in total. The fraction of sp³-hybridized carbons (Fsp3) is 0.407. The smallest absolute Gasteiger partial charge is 0.326 e. The molecular weight excluding hydrogens is 1090 g/mol. The summed E-state index contributed by atoms with van der Waals surface area (Å²) in [6.07, 6.45) is 12.9. The van der Waals surface area contributed by atoms with Gasteiger partial charge in [0.05, 0.1) is 30.3 Å². The molecular formula is C54H70N16O8Y-2. The number of aromatic nitrogens is 8. The van der Waals surface area contributed by atoms with Crippen LogP contribution in [-0.4, -0.2) is 118 Å². The zero-order valence-corrected chi connectivity index (χ0v) is 47.9. The summed E-state index contributed by atoms with van der Waals surface area (Å²) in [7, 11) is 1.83. The SMILES string of the molecule is Cc1nc(N)c2nc(CC(C)c3ccc(C(=O)N[C@H](CCC(=O)NCCCCC[CH-]CCCCCNC(=O)CC[C@H](NC(=O)c4ccc(N(C)Cc5cnc6nc(N)nc(N)c6n5)cc4)C(=O)O)C(=O)O)cc3)cnc2n1.[CH3-].[Y]. The van der Waals surface area contributed by atoms with E-state index in [4.69, 9.17) is 17.2 Å². The molecule has 6 aromatic rings. The number of fused-ring (bicyclic) bond motifs is 2. The van der Waals surface area contributed by atoms with Crippen LogP contribution in [0.4, 0.5) is 23.3 Å². The number of amides is 4. The number of nitrogens with one attached hydrogen (secondary N) is 4. The van der Waals surface area contributed by atoms with Crippen molar-refractivity contribution in [2.75, 3.05) is 42.2 Å². The van der Waals surface area contributed by atoms with E-state index >= 15 is 0 Å². The predicted octanol–water partition coefficient (Wildman–Crippen LogP) is 4.82. The van der Waals surface area contributed by atoms with Gasteiger partial charge in [-0.05, 0) is 86.9 Å². The number of nitrogens with zero attached hydrogens (tertiary/aromatic N) is 9. The third-order valence-electron chi connectivity index (χ3n) is 12.7. The number of carbonyl (C=O) groups excluding carboxylic acids is 4. The van der Waals surface area contributed by atoms with Gasteiger partial charge in [-0.3, -0.25) is 19.2 Å². The number of hydrogen-bond donors (Lipinski definition) is 9. The summed E-state index contributed by atoms with van der Waals surface area (Å²) in [4.78, 5) is 111. The van der Waals surface area contributed by atoms with Crippen molar-refractivity contribution in [3.05, 3.63) is 109 Å². The summed E-state index contributed by atoms with van der Waals surface area (Å²) < 4.78 is 0. The van der Waals surface area contributed by atoms with Crippen molar-refractivity contribution in [2.45, 2.75) is 122 Å². The largest absolute Gasteiger partial charge is 0.480 e. The molecule has 0 aliphatic rings. The van der Waals surface area contributed by atoms with Gasteiger partial charge in [0.2, 0.25) is 17.8 Å². The molecule has 4 amide bonds. The second-order valence-corrected chi connectivity index (χ2v) is 18.8. The maximum Gasteiger partial charge on any atom is 0.326 e. The Morgan fingerprint density at radius 3 is 1.65 bits per heavy atom. The molecule has 1 radical (unpaired) electrons. The zero-order valence-electron chi connectivity index (χ0n) is 45.1. The third-order valence-corrected chi connectivity index (χ3v) is 12.7. The standard InChI is InChI=1S/C53H67N16O8.CH3.Y/c1-31(27-36-28-59-47-43(63-36)45(54)61-32(2)62-47)33-13-15-34(16-14-33)49(72)65-39(51(74)75)21-23-41(70)57-25-11-9-7-5-4-6-8-10-12-26-58-42(71)24-22-40(52(76)77)66-50(73)35-17-19-38(20-18-35)69(3)30-37-29-60-48-44(64-37)46(55)67-53(56)68-48;;/h4,13-20,28-29,31,39-40H,5-12,21-27,30H2,1-3H3,(H,57,70)(H,58,71)(H,65,72)(H,66,73)(H,74,75)(H,76,77)(H2,54,59,61,62)(H4,55,56,60,67,68);1H3;/q2*-1;/t31?,39-,40+;;/m1../s1. The molecule has 0 aliphatic heterocycles. The number of carbonyl (C=O) groups is 6. The molecule has 2 aromatic carbocycles.